The first-order valence-electron chi connectivity index (χ1n) is 23.5. The summed E-state index contributed by atoms with van der Waals surface area (Å²) in [4.78, 5) is 0. The van der Waals surface area contributed by atoms with Crippen LogP contribution in [-0.4, -0.2) is 0 Å². The zero-order valence-electron chi connectivity index (χ0n) is 40.7. The third-order valence-electron chi connectivity index (χ3n) is 10.1. The van der Waals surface area contributed by atoms with Crippen LogP contribution in [0.5, 0.6) is 0 Å². The number of rotatable bonds is 2. The Labute approximate surface area is 306 Å². The Kier molecular flexibility index (Phi) is 3.28. The molecular formula is C49H30. The minimum Gasteiger partial charge on any atom is -0.0619 e. The van der Waals surface area contributed by atoms with Gasteiger partial charge in [0.05, 0.1) is 26.0 Å². The Morgan fingerprint density at radius 1 is 0.327 bits per heavy atom. The van der Waals surface area contributed by atoms with E-state index in [2.05, 4.69) is 30.3 Å². The summed E-state index contributed by atoms with van der Waals surface area (Å²) in [5.74, 6) is 0. The van der Waals surface area contributed by atoms with Gasteiger partial charge in [0.15, 0.2) is 0 Å². The highest BCUT2D eigenvalue weighted by Gasteiger charge is 2.52. The van der Waals surface area contributed by atoms with Gasteiger partial charge in [-0.15, -0.1) is 0 Å². The molecule has 0 atom stereocenters. The van der Waals surface area contributed by atoms with Crippen LogP contribution in [-0.2, 0) is 5.41 Å². The molecule has 0 radical (unpaired) electrons. The van der Waals surface area contributed by atoms with Crippen LogP contribution in [0.3, 0.4) is 0 Å². The third-order valence-corrected chi connectivity index (χ3v) is 10.1. The molecule has 9 aromatic carbocycles. The normalized spacial score (nSPS) is 17.8. The van der Waals surface area contributed by atoms with Crippen LogP contribution in [0, 0.1) is 0 Å². The van der Waals surface area contributed by atoms with Gasteiger partial charge in [-0.2, -0.15) is 0 Å². The predicted molar refractivity (Wildman–Crippen MR) is 206 cm³/mol. The quantitative estimate of drug-likeness (QED) is 0.166. The van der Waals surface area contributed by atoms with Gasteiger partial charge < -0.3 is 0 Å². The number of hydrogen-bond donors (Lipinski definition) is 0. The van der Waals surface area contributed by atoms with Crippen LogP contribution in [0.1, 0.15) is 42.8 Å². The van der Waals surface area contributed by atoms with Gasteiger partial charge in [-0.25, -0.2) is 0 Å². The molecule has 9 aromatic rings. The van der Waals surface area contributed by atoms with Gasteiger partial charge in [0.1, 0.15) is 0 Å². The first-order valence-corrected chi connectivity index (χ1v) is 16.0. The lowest BCUT2D eigenvalue weighted by atomic mass is 9.68. The predicted octanol–water partition coefficient (Wildman–Crippen LogP) is 12.8. The smallest absolute Gasteiger partial charge is 0.0619 e. The Bertz CT molecular complexity index is 3580. The molecule has 0 aliphatic heterocycles. The molecule has 0 saturated heterocycles. The third kappa shape index (κ3) is 3.48. The summed E-state index contributed by atoms with van der Waals surface area (Å²) >= 11 is 0. The van der Waals surface area contributed by atoms with Crippen LogP contribution in [0.25, 0.3) is 76.8 Å². The molecule has 0 unspecified atom stereocenters. The molecule has 0 heteroatoms. The summed E-state index contributed by atoms with van der Waals surface area (Å²) in [6.45, 7) is 0. The number of benzene rings is 9. The molecule has 0 saturated carbocycles. The van der Waals surface area contributed by atoms with E-state index in [0.717, 1.165) is 44.5 Å². The highest BCUT2D eigenvalue weighted by atomic mass is 14.5. The Morgan fingerprint density at radius 3 is 1.39 bits per heavy atom. The lowest BCUT2D eigenvalue weighted by Gasteiger charge is -2.32. The van der Waals surface area contributed by atoms with Crippen molar-refractivity contribution < 1.29 is 20.6 Å². The summed E-state index contributed by atoms with van der Waals surface area (Å²) in [5, 5.41) is -1.96. The van der Waals surface area contributed by atoms with Gasteiger partial charge in [0, 0.05) is 0 Å². The van der Waals surface area contributed by atoms with Gasteiger partial charge in [-0.3, -0.25) is 0 Å². The zero-order chi connectivity index (χ0) is 45.2. The molecule has 0 heterocycles. The number of fused-ring (bicyclic) bond motifs is 16. The van der Waals surface area contributed by atoms with Crippen LogP contribution < -0.4 is 0 Å². The molecule has 226 valence electrons. The van der Waals surface area contributed by atoms with E-state index in [0.29, 0.717) is 5.56 Å². The monoisotopic (exact) mass is 633 g/mol. The van der Waals surface area contributed by atoms with E-state index in [-0.39, 0.29) is 37.9 Å². The molecule has 49 heavy (non-hydrogen) atoms. The first kappa shape index (κ1) is 16.2. The maximum absolute atomic E-state index is 10.0. The minimum absolute atomic E-state index is 0.0493. The van der Waals surface area contributed by atoms with E-state index in [1.165, 1.54) is 0 Å². The largest absolute Gasteiger partial charge is 0.0731 e. The van der Waals surface area contributed by atoms with E-state index >= 15 is 0 Å². The summed E-state index contributed by atoms with van der Waals surface area (Å²) in [6.07, 6.45) is 0. The van der Waals surface area contributed by atoms with Gasteiger partial charge in [-0.1, -0.05) is 170 Å². The molecule has 1 spiro atoms. The van der Waals surface area contributed by atoms with Crippen molar-refractivity contribution in [3.63, 3.8) is 0 Å². The topological polar surface area (TPSA) is 0 Å². The van der Waals surface area contributed by atoms with Crippen molar-refractivity contribution in [2.75, 3.05) is 0 Å². The molecule has 0 nitrogen and oxygen atoms in total. The summed E-state index contributed by atoms with van der Waals surface area (Å²) < 4.78 is 137. The standard InChI is InChI=1S/C49H30/c1-2-17-37-35(15-1)36-16-3-4-18-38(36)44-30-32(27-28-39(37)44)31-13-11-14-33(29-31)34-22-12-23-43-42-21-7-10-26-47(42)49(48(34)43)45-24-8-5-19-40(45)41-20-6-9-25-46(41)49/h1-30H/i1D,2D,3D,4D,11D,13D,14D,15D,16D,17D,18D,27D,28D,29D,30D. The maximum Gasteiger partial charge on any atom is 0.0731 e. The summed E-state index contributed by atoms with van der Waals surface area (Å²) in [7, 11) is 0. The molecular weight excluding hydrogens is 589 g/mol. The Morgan fingerprint density at radius 2 is 0.776 bits per heavy atom. The van der Waals surface area contributed by atoms with Crippen molar-refractivity contribution in [2.24, 2.45) is 0 Å². The molecule has 0 N–H and O–H groups in total. The van der Waals surface area contributed by atoms with E-state index < -0.39 is 107 Å². The Balaban J connectivity index is 1.31. The van der Waals surface area contributed by atoms with Crippen molar-refractivity contribution in [1.29, 1.82) is 0 Å². The second-order valence-electron chi connectivity index (χ2n) is 12.4. The van der Waals surface area contributed by atoms with E-state index in [1.807, 2.05) is 54.6 Å². The molecule has 0 fully saturated rings. The van der Waals surface area contributed by atoms with Gasteiger partial charge >= 0.3 is 0 Å². The van der Waals surface area contributed by atoms with Crippen molar-refractivity contribution in [1.82, 2.24) is 0 Å². The van der Waals surface area contributed by atoms with Crippen LogP contribution in [0.4, 0.5) is 0 Å². The SMILES string of the molecule is [2H]c1c([2H])c(-c2cccc3c2C2(c4ccccc4-c4ccccc42)c2ccccc2-3)c([2H])c(-c2c([2H])c([2H])c3c4c([2H])c([2H])c([2H])c([2H])c4c4c([2H])c([2H])c([2H])c([2H])c4c3c2[2H])c1[2H]. The van der Waals surface area contributed by atoms with Crippen LogP contribution in [0.15, 0.2) is 182 Å². The fourth-order valence-corrected chi connectivity index (χ4v) is 8.25. The number of hydrogen-bond acceptors (Lipinski definition) is 0. The van der Waals surface area contributed by atoms with Gasteiger partial charge in [0.2, 0.25) is 0 Å². The van der Waals surface area contributed by atoms with Crippen molar-refractivity contribution in [3.8, 4) is 44.5 Å². The Hall–Kier alpha value is -6.24. The van der Waals surface area contributed by atoms with E-state index in [1.54, 1.807) is 6.07 Å². The van der Waals surface area contributed by atoms with Crippen LogP contribution in [0.2, 0.25) is 0 Å². The zero-order valence-corrected chi connectivity index (χ0v) is 25.7. The van der Waals surface area contributed by atoms with E-state index in [9.17, 15) is 9.60 Å². The fourth-order valence-electron chi connectivity index (χ4n) is 8.25. The van der Waals surface area contributed by atoms with Crippen molar-refractivity contribution >= 4 is 32.3 Å². The van der Waals surface area contributed by atoms with Gasteiger partial charge in [0.25, 0.3) is 0 Å². The molecule has 2 aliphatic rings. The second-order valence-corrected chi connectivity index (χ2v) is 12.4. The molecule has 0 amide bonds. The highest BCUT2D eigenvalue weighted by Crippen LogP contribution is 2.64. The highest BCUT2D eigenvalue weighted by molar-refractivity contribution is 6.25. The summed E-state index contributed by atoms with van der Waals surface area (Å²) in [5.41, 5.74) is 6.00. The molecule has 0 bridgehead atoms. The van der Waals surface area contributed by atoms with Crippen LogP contribution >= 0.6 is 0 Å². The molecule has 0 aromatic heterocycles. The molecule has 11 rings (SSSR count). The maximum atomic E-state index is 10.0. The molecule has 2 aliphatic carbocycles. The fraction of sp³-hybridized carbons (Fsp3) is 0.0204. The van der Waals surface area contributed by atoms with Crippen molar-refractivity contribution in [3.05, 3.63) is 204 Å². The lowest BCUT2D eigenvalue weighted by Crippen LogP contribution is -2.26. The first-order chi connectivity index (χ1) is 30.6. The average Bonchev–Trinajstić information content (AvgIpc) is 3.78. The van der Waals surface area contributed by atoms with Gasteiger partial charge in [-0.05, 0) is 111 Å². The second kappa shape index (κ2) is 9.89. The minimum atomic E-state index is -0.946. The lowest BCUT2D eigenvalue weighted by molar-refractivity contribution is 0.796. The average molecular weight is 634 g/mol. The van der Waals surface area contributed by atoms with E-state index in [4.69, 9.17) is 11.0 Å². The summed E-state index contributed by atoms with van der Waals surface area (Å²) in [6, 6.07) is 20.2. The van der Waals surface area contributed by atoms with Crippen molar-refractivity contribution in [2.45, 2.75) is 5.41 Å².